The zero-order valence-corrected chi connectivity index (χ0v) is 12.9. The van der Waals surface area contributed by atoms with Crippen molar-refractivity contribution in [3.05, 3.63) is 72.3 Å². The van der Waals surface area contributed by atoms with Crippen LogP contribution in [0.4, 0.5) is 0 Å². The van der Waals surface area contributed by atoms with Gasteiger partial charge in [-0.2, -0.15) is 0 Å². The standard InChI is InChI=1S/C17H16O4S/c1-2-21-17(18)13-16(14-9-5-3-6-10-14)22(19,20)15-11-7-4-8-12-15/h3-13H,2H2,1H3/b16-13+. The van der Waals surface area contributed by atoms with E-state index < -0.39 is 15.8 Å². The highest BCUT2D eigenvalue weighted by Crippen LogP contribution is 2.27. The predicted molar refractivity (Wildman–Crippen MR) is 84.7 cm³/mol. The molecule has 0 amide bonds. The highest BCUT2D eigenvalue weighted by atomic mass is 32.2. The molecule has 0 bridgehead atoms. The summed E-state index contributed by atoms with van der Waals surface area (Å²) in [6.45, 7) is 1.85. The van der Waals surface area contributed by atoms with E-state index in [1.54, 1.807) is 55.5 Å². The van der Waals surface area contributed by atoms with Crippen LogP contribution in [0.3, 0.4) is 0 Å². The summed E-state index contributed by atoms with van der Waals surface area (Å²) in [5.74, 6) is -0.680. The molecule has 2 aromatic rings. The van der Waals surface area contributed by atoms with E-state index in [-0.39, 0.29) is 16.4 Å². The van der Waals surface area contributed by atoms with Crippen molar-refractivity contribution in [3.63, 3.8) is 0 Å². The fraction of sp³-hybridized carbons (Fsp3) is 0.118. The molecule has 0 aliphatic heterocycles. The minimum atomic E-state index is -3.81. The number of carbonyl (C=O) groups excluding carboxylic acids is 1. The van der Waals surface area contributed by atoms with Crippen LogP contribution in [0, 0.1) is 0 Å². The Hall–Kier alpha value is -2.40. The number of benzene rings is 2. The van der Waals surface area contributed by atoms with Crippen LogP contribution >= 0.6 is 0 Å². The quantitative estimate of drug-likeness (QED) is 0.628. The van der Waals surface area contributed by atoms with Crippen LogP contribution in [-0.2, 0) is 19.4 Å². The summed E-state index contributed by atoms with van der Waals surface area (Å²) in [7, 11) is -3.81. The maximum Gasteiger partial charge on any atom is 0.332 e. The second-order valence-corrected chi connectivity index (χ2v) is 6.36. The van der Waals surface area contributed by atoms with Crippen molar-refractivity contribution in [1.29, 1.82) is 0 Å². The van der Waals surface area contributed by atoms with Gasteiger partial charge in [0.1, 0.15) is 0 Å². The lowest BCUT2D eigenvalue weighted by Crippen LogP contribution is -2.08. The second kappa shape index (κ2) is 7.04. The fourth-order valence-corrected chi connectivity index (χ4v) is 3.40. The fourth-order valence-electron chi connectivity index (χ4n) is 1.94. The van der Waals surface area contributed by atoms with Gasteiger partial charge in [-0.05, 0) is 24.6 Å². The average Bonchev–Trinajstić information content (AvgIpc) is 2.54. The van der Waals surface area contributed by atoms with Gasteiger partial charge in [-0.1, -0.05) is 48.5 Å². The highest BCUT2D eigenvalue weighted by molar-refractivity contribution is 8.00. The molecule has 0 fully saturated rings. The molecule has 5 heteroatoms. The molecule has 0 aliphatic rings. The number of ether oxygens (including phenoxy) is 1. The van der Waals surface area contributed by atoms with Crippen LogP contribution in [-0.4, -0.2) is 21.0 Å². The number of esters is 1. The molecule has 2 aromatic carbocycles. The van der Waals surface area contributed by atoms with Gasteiger partial charge in [0.05, 0.1) is 16.4 Å². The summed E-state index contributed by atoms with van der Waals surface area (Å²) < 4.78 is 30.4. The predicted octanol–water partition coefficient (Wildman–Crippen LogP) is 3.06. The van der Waals surface area contributed by atoms with Crippen LogP contribution in [0.2, 0.25) is 0 Å². The molecule has 0 unspecified atom stereocenters. The van der Waals surface area contributed by atoms with Crippen molar-refractivity contribution in [1.82, 2.24) is 0 Å². The van der Waals surface area contributed by atoms with Crippen molar-refractivity contribution in [2.24, 2.45) is 0 Å². The molecule has 0 radical (unpaired) electrons. The molecule has 0 N–H and O–H groups in total. The maximum absolute atomic E-state index is 12.8. The molecule has 0 saturated heterocycles. The third-order valence-electron chi connectivity index (χ3n) is 2.94. The number of rotatable bonds is 5. The molecule has 0 atom stereocenters. The van der Waals surface area contributed by atoms with Gasteiger partial charge in [-0.15, -0.1) is 0 Å². The summed E-state index contributed by atoms with van der Waals surface area (Å²) in [5.41, 5.74) is 0.444. The van der Waals surface area contributed by atoms with Crippen LogP contribution in [0.1, 0.15) is 12.5 Å². The van der Waals surface area contributed by atoms with E-state index in [2.05, 4.69) is 0 Å². The van der Waals surface area contributed by atoms with Crippen LogP contribution in [0.15, 0.2) is 71.6 Å². The van der Waals surface area contributed by atoms with Crippen molar-refractivity contribution in [2.75, 3.05) is 6.61 Å². The van der Waals surface area contributed by atoms with Gasteiger partial charge in [0, 0.05) is 6.08 Å². The zero-order valence-electron chi connectivity index (χ0n) is 12.1. The summed E-state index contributed by atoms with van der Waals surface area (Å²) in [6.07, 6.45) is 1.03. The number of hydrogen-bond donors (Lipinski definition) is 0. The Labute approximate surface area is 130 Å². The Morgan fingerprint density at radius 3 is 2.09 bits per heavy atom. The van der Waals surface area contributed by atoms with Crippen LogP contribution in [0.25, 0.3) is 4.91 Å². The van der Waals surface area contributed by atoms with Crippen molar-refractivity contribution < 1.29 is 17.9 Å². The Balaban J connectivity index is 2.57. The summed E-state index contributed by atoms with van der Waals surface area (Å²) in [6, 6.07) is 16.5. The average molecular weight is 316 g/mol. The van der Waals surface area contributed by atoms with Gasteiger partial charge in [-0.3, -0.25) is 0 Å². The normalized spacial score (nSPS) is 12.0. The lowest BCUT2D eigenvalue weighted by Gasteiger charge is -2.09. The molecule has 0 spiro atoms. The SMILES string of the molecule is CCOC(=O)/C=C(\c1ccccc1)S(=O)(=O)c1ccccc1. The van der Waals surface area contributed by atoms with E-state index in [0.717, 1.165) is 6.08 Å². The summed E-state index contributed by atoms with van der Waals surface area (Å²) >= 11 is 0. The Bertz CT molecular complexity index is 763. The summed E-state index contributed by atoms with van der Waals surface area (Å²) in [5, 5.41) is 0. The second-order valence-electron chi connectivity index (χ2n) is 4.44. The Morgan fingerprint density at radius 1 is 1.00 bits per heavy atom. The lowest BCUT2D eigenvalue weighted by atomic mass is 10.2. The van der Waals surface area contributed by atoms with E-state index in [1.807, 2.05) is 0 Å². The van der Waals surface area contributed by atoms with Gasteiger partial charge < -0.3 is 4.74 Å². The highest BCUT2D eigenvalue weighted by Gasteiger charge is 2.23. The first-order valence-electron chi connectivity index (χ1n) is 6.79. The van der Waals surface area contributed by atoms with Crippen molar-refractivity contribution >= 4 is 20.7 Å². The Morgan fingerprint density at radius 2 is 1.55 bits per heavy atom. The number of hydrogen-bond acceptors (Lipinski definition) is 4. The number of sulfone groups is 1. The third kappa shape index (κ3) is 3.62. The molecular formula is C17H16O4S. The maximum atomic E-state index is 12.8. The molecule has 0 aliphatic carbocycles. The monoisotopic (exact) mass is 316 g/mol. The van der Waals surface area contributed by atoms with E-state index in [9.17, 15) is 13.2 Å². The van der Waals surface area contributed by atoms with E-state index in [1.165, 1.54) is 12.1 Å². The molecule has 0 heterocycles. The van der Waals surface area contributed by atoms with Crippen molar-refractivity contribution in [2.45, 2.75) is 11.8 Å². The van der Waals surface area contributed by atoms with E-state index in [0.29, 0.717) is 5.56 Å². The van der Waals surface area contributed by atoms with E-state index >= 15 is 0 Å². The van der Waals surface area contributed by atoms with Gasteiger partial charge in [0.25, 0.3) is 0 Å². The molecular weight excluding hydrogens is 300 g/mol. The molecule has 2 rings (SSSR count). The lowest BCUT2D eigenvalue weighted by molar-refractivity contribution is -0.137. The van der Waals surface area contributed by atoms with Gasteiger partial charge in [0.2, 0.25) is 9.84 Å². The molecule has 114 valence electrons. The first-order valence-corrected chi connectivity index (χ1v) is 8.28. The van der Waals surface area contributed by atoms with Crippen LogP contribution in [0.5, 0.6) is 0 Å². The van der Waals surface area contributed by atoms with Gasteiger partial charge >= 0.3 is 5.97 Å². The molecule has 4 nitrogen and oxygen atoms in total. The smallest absolute Gasteiger partial charge is 0.332 e. The van der Waals surface area contributed by atoms with E-state index in [4.69, 9.17) is 4.74 Å². The zero-order chi connectivity index (χ0) is 16.0. The van der Waals surface area contributed by atoms with Gasteiger partial charge in [-0.25, -0.2) is 13.2 Å². The molecule has 22 heavy (non-hydrogen) atoms. The number of carbonyl (C=O) groups is 1. The summed E-state index contributed by atoms with van der Waals surface area (Å²) in [4.78, 5) is 11.8. The van der Waals surface area contributed by atoms with Crippen LogP contribution < -0.4 is 0 Å². The first-order chi connectivity index (χ1) is 10.6. The topological polar surface area (TPSA) is 60.4 Å². The first kappa shape index (κ1) is 16.0. The minimum absolute atomic E-state index is 0.0715. The Kier molecular flexibility index (Phi) is 5.12. The molecule has 0 saturated carbocycles. The largest absolute Gasteiger partial charge is 0.463 e. The third-order valence-corrected chi connectivity index (χ3v) is 4.76. The van der Waals surface area contributed by atoms with Crippen molar-refractivity contribution in [3.8, 4) is 0 Å². The minimum Gasteiger partial charge on any atom is -0.463 e. The van der Waals surface area contributed by atoms with Gasteiger partial charge in [0.15, 0.2) is 0 Å². The molecule has 0 aromatic heterocycles.